The molecular formula is C21H19ClFN5O2. The lowest BCUT2D eigenvalue weighted by Crippen LogP contribution is -2.24. The van der Waals surface area contributed by atoms with E-state index in [2.05, 4.69) is 21.0 Å². The van der Waals surface area contributed by atoms with Gasteiger partial charge in [-0.1, -0.05) is 17.7 Å². The van der Waals surface area contributed by atoms with Crippen molar-refractivity contribution in [1.82, 2.24) is 15.1 Å². The number of aromatic nitrogens is 2. The van der Waals surface area contributed by atoms with Gasteiger partial charge in [0, 0.05) is 30.1 Å². The smallest absolute Gasteiger partial charge is 0.318 e. The summed E-state index contributed by atoms with van der Waals surface area (Å²) in [5.41, 5.74) is 2.85. The third kappa shape index (κ3) is 5.03. The summed E-state index contributed by atoms with van der Waals surface area (Å²) >= 11 is 6.41. The summed E-state index contributed by atoms with van der Waals surface area (Å²) in [6.07, 6.45) is 2.90. The third-order valence-corrected chi connectivity index (χ3v) is 4.50. The van der Waals surface area contributed by atoms with Crippen molar-refractivity contribution in [2.75, 3.05) is 17.7 Å². The first-order valence-corrected chi connectivity index (χ1v) is 9.34. The van der Waals surface area contributed by atoms with Crippen LogP contribution in [-0.2, 0) is 4.79 Å². The fourth-order valence-corrected chi connectivity index (χ4v) is 3.00. The first-order chi connectivity index (χ1) is 14.4. The molecule has 0 saturated heterocycles. The zero-order valence-electron chi connectivity index (χ0n) is 16.2. The summed E-state index contributed by atoms with van der Waals surface area (Å²) < 4.78 is 14.6. The average molecular weight is 428 g/mol. The molecule has 0 unspecified atom stereocenters. The minimum absolute atomic E-state index is 0.305. The number of hydrogen-bond donors (Lipinski definition) is 3. The molecule has 0 atom stereocenters. The van der Waals surface area contributed by atoms with E-state index in [0.29, 0.717) is 33.5 Å². The van der Waals surface area contributed by atoms with Gasteiger partial charge in [-0.3, -0.25) is 4.79 Å². The van der Waals surface area contributed by atoms with E-state index in [1.807, 2.05) is 0 Å². The normalized spacial score (nSPS) is 10.8. The van der Waals surface area contributed by atoms with Crippen LogP contribution in [0, 0.1) is 12.7 Å². The molecular weight excluding hydrogens is 409 g/mol. The Morgan fingerprint density at radius 2 is 1.77 bits per heavy atom. The molecule has 0 aliphatic heterocycles. The van der Waals surface area contributed by atoms with E-state index in [4.69, 9.17) is 11.6 Å². The molecule has 30 heavy (non-hydrogen) atoms. The van der Waals surface area contributed by atoms with Crippen molar-refractivity contribution in [3.63, 3.8) is 0 Å². The Morgan fingerprint density at radius 3 is 2.43 bits per heavy atom. The third-order valence-electron chi connectivity index (χ3n) is 4.14. The second-order valence-corrected chi connectivity index (χ2v) is 6.64. The van der Waals surface area contributed by atoms with Gasteiger partial charge >= 0.3 is 6.03 Å². The van der Waals surface area contributed by atoms with Gasteiger partial charge in [-0.05, 0) is 55.5 Å². The topological polar surface area (TPSA) is 88.1 Å². The highest BCUT2D eigenvalue weighted by atomic mass is 35.5. The van der Waals surface area contributed by atoms with E-state index >= 15 is 0 Å². The highest BCUT2D eigenvalue weighted by Crippen LogP contribution is 2.25. The lowest BCUT2D eigenvalue weighted by molar-refractivity contribution is -0.111. The molecule has 7 nitrogen and oxygen atoms in total. The molecule has 0 spiro atoms. The van der Waals surface area contributed by atoms with Gasteiger partial charge in [0.15, 0.2) is 0 Å². The lowest BCUT2D eigenvalue weighted by atomic mass is 10.2. The fraction of sp³-hybridized carbons (Fsp3) is 0.0952. The monoisotopic (exact) mass is 427 g/mol. The predicted octanol–water partition coefficient (Wildman–Crippen LogP) is 4.38. The molecule has 0 aliphatic carbocycles. The summed E-state index contributed by atoms with van der Waals surface area (Å²) in [6, 6.07) is 12.1. The number of carbonyl (C=O) groups is 2. The van der Waals surface area contributed by atoms with Gasteiger partial charge < -0.3 is 16.0 Å². The zero-order valence-corrected chi connectivity index (χ0v) is 17.0. The van der Waals surface area contributed by atoms with Gasteiger partial charge in [0.2, 0.25) is 5.91 Å². The molecule has 0 radical (unpaired) electrons. The van der Waals surface area contributed by atoms with E-state index in [1.165, 1.54) is 29.9 Å². The number of aryl methyl sites for hydroxylation is 1. The predicted molar refractivity (Wildman–Crippen MR) is 115 cm³/mol. The van der Waals surface area contributed by atoms with Gasteiger partial charge in [-0.25, -0.2) is 13.9 Å². The molecule has 0 aliphatic rings. The first kappa shape index (κ1) is 21.1. The maximum absolute atomic E-state index is 13.1. The molecule has 3 amide bonds. The summed E-state index contributed by atoms with van der Waals surface area (Å²) in [7, 11) is 1.51. The highest BCUT2D eigenvalue weighted by Gasteiger charge is 2.13. The summed E-state index contributed by atoms with van der Waals surface area (Å²) in [4.78, 5) is 23.7. The molecule has 1 aromatic heterocycles. The van der Waals surface area contributed by atoms with Gasteiger partial charge in [0.1, 0.15) is 11.0 Å². The van der Waals surface area contributed by atoms with Crippen molar-refractivity contribution < 1.29 is 14.0 Å². The molecule has 3 rings (SSSR count). The molecule has 9 heteroatoms. The summed E-state index contributed by atoms with van der Waals surface area (Å²) in [6.45, 7) is 1.76. The SMILES string of the molecule is CNC(=O)Nc1cccc(NC(=O)/C=C/c2c(C)nn(-c3ccc(F)cc3)c2Cl)c1. The van der Waals surface area contributed by atoms with E-state index < -0.39 is 0 Å². The summed E-state index contributed by atoms with van der Waals surface area (Å²) in [5, 5.41) is 12.5. The number of nitrogens with zero attached hydrogens (tertiary/aromatic N) is 2. The van der Waals surface area contributed by atoms with E-state index in [1.54, 1.807) is 49.4 Å². The maximum Gasteiger partial charge on any atom is 0.318 e. The van der Waals surface area contributed by atoms with Gasteiger partial charge in [-0.15, -0.1) is 0 Å². The number of anilines is 2. The number of urea groups is 1. The van der Waals surface area contributed by atoms with E-state index in [0.717, 1.165) is 0 Å². The molecule has 0 fully saturated rings. The van der Waals surface area contributed by atoms with Crippen molar-refractivity contribution in [2.24, 2.45) is 0 Å². The van der Waals surface area contributed by atoms with Crippen molar-refractivity contribution in [3.8, 4) is 5.69 Å². The van der Waals surface area contributed by atoms with Crippen molar-refractivity contribution in [3.05, 3.63) is 76.8 Å². The Bertz CT molecular complexity index is 1110. The van der Waals surface area contributed by atoms with E-state index in [-0.39, 0.29) is 17.8 Å². The maximum atomic E-state index is 13.1. The number of nitrogens with one attached hydrogen (secondary N) is 3. The zero-order chi connectivity index (χ0) is 21.7. The van der Waals surface area contributed by atoms with Crippen LogP contribution in [0.1, 0.15) is 11.3 Å². The Balaban J connectivity index is 1.73. The van der Waals surface area contributed by atoms with Gasteiger partial charge in [0.25, 0.3) is 0 Å². The second-order valence-electron chi connectivity index (χ2n) is 6.29. The van der Waals surface area contributed by atoms with Crippen molar-refractivity contribution in [1.29, 1.82) is 0 Å². The van der Waals surface area contributed by atoms with Crippen LogP contribution < -0.4 is 16.0 Å². The largest absolute Gasteiger partial charge is 0.341 e. The summed E-state index contributed by atoms with van der Waals surface area (Å²) in [5.74, 6) is -0.734. The van der Waals surface area contributed by atoms with Crippen LogP contribution >= 0.6 is 11.6 Å². The molecule has 3 N–H and O–H groups in total. The Labute approximate surface area is 177 Å². The minimum atomic E-state index is -0.378. The molecule has 2 aromatic carbocycles. The molecule has 0 saturated carbocycles. The quantitative estimate of drug-likeness (QED) is 0.528. The number of benzene rings is 2. The van der Waals surface area contributed by atoms with Crippen molar-refractivity contribution >= 4 is 41.0 Å². The number of rotatable bonds is 5. The van der Waals surface area contributed by atoms with Crippen LogP contribution in [0.15, 0.2) is 54.6 Å². The second kappa shape index (κ2) is 9.23. The highest BCUT2D eigenvalue weighted by molar-refractivity contribution is 6.31. The van der Waals surface area contributed by atoms with Crippen LogP contribution in [0.5, 0.6) is 0 Å². The number of carbonyl (C=O) groups excluding carboxylic acids is 2. The first-order valence-electron chi connectivity index (χ1n) is 8.96. The van der Waals surface area contributed by atoms with Crippen LogP contribution in [0.4, 0.5) is 20.6 Å². The fourth-order valence-electron chi connectivity index (χ4n) is 2.67. The molecule has 3 aromatic rings. The van der Waals surface area contributed by atoms with Crippen LogP contribution in [0.2, 0.25) is 5.15 Å². The average Bonchev–Trinajstić information content (AvgIpc) is 3.00. The van der Waals surface area contributed by atoms with Gasteiger partial charge in [-0.2, -0.15) is 5.10 Å². The molecule has 0 bridgehead atoms. The number of amides is 3. The number of halogens is 2. The molecule has 154 valence electrons. The van der Waals surface area contributed by atoms with Crippen LogP contribution in [0.25, 0.3) is 11.8 Å². The Kier molecular flexibility index (Phi) is 6.48. The van der Waals surface area contributed by atoms with Crippen LogP contribution in [-0.4, -0.2) is 28.8 Å². The van der Waals surface area contributed by atoms with E-state index in [9.17, 15) is 14.0 Å². The standard InChI is InChI=1S/C21H19ClFN5O2/c1-13-18(20(22)28(27-13)17-8-6-14(23)7-9-17)10-11-19(29)25-15-4-3-5-16(12-15)26-21(30)24-2/h3-12H,1-2H3,(H,25,29)(H2,24,26,30)/b11-10+. The number of hydrogen-bond acceptors (Lipinski definition) is 3. The van der Waals surface area contributed by atoms with Crippen molar-refractivity contribution in [2.45, 2.75) is 6.92 Å². The minimum Gasteiger partial charge on any atom is -0.341 e. The Hall–Kier alpha value is -3.65. The van der Waals surface area contributed by atoms with Gasteiger partial charge in [0.05, 0.1) is 11.4 Å². The molecule has 1 heterocycles. The van der Waals surface area contributed by atoms with Crippen LogP contribution in [0.3, 0.4) is 0 Å². The lowest BCUT2D eigenvalue weighted by Gasteiger charge is -2.07. The Morgan fingerprint density at radius 1 is 1.10 bits per heavy atom.